The topological polar surface area (TPSA) is 82.5 Å². The van der Waals surface area contributed by atoms with Gasteiger partial charge in [-0.2, -0.15) is 0 Å². The van der Waals surface area contributed by atoms with Crippen molar-refractivity contribution in [3.63, 3.8) is 0 Å². The summed E-state index contributed by atoms with van der Waals surface area (Å²) in [5, 5.41) is 0.989. The summed E-state index contributed by atoms with van der Waals surface area (Å²) in [4.78, 5) is 24.1. The number of cyclic esters (lactones) is 1. The lowest BCUT2D eigenvalue weighted by molar-refractivity contribution is -0.129. The molecule has 0 atom stereocenters. The summed E-state index contributed by atoms with van der Waals surface area (Å²) in [6, 6.07) is 15.3. The second kappa shape index (κ2) is 7.65. The van der Waals surface area contributed by atoms with Crippen LogP contribution in [0.2, 0.25) is 0 Å². The lowest BCUT2D eigenvalue weighted by Crippen LogP contribution is -2.37. The Labute approximate surface area is 183 Å². The van der Waals surface area contributed by atoms with Gasteiger partial charge in [0.15, 0.2) is 17.2 Å². The highest BCUT2D eigenvalue weighted by Crippen LogP contribution is 2.34. The first-order valence-electron chi connectivity index (χ1n) is 10.4. The van der Waals surface area contributed by atoms with Crippen molar-refractivity contribution >= 4 is 34.7 Å². The first kappa shape index (κ1) is 18.8. The standard InChI is InChI=1S/C24H19N3O5/c28-24-19(26-23(32-24)16-5-6-20-21(13-16)31-14-30-20)12-17-11-15-3-1-2-4-18(15)25-22(17)27-7-9-29-10-8-27/h1-6,11-13H,7-10,14H2/b19-12+. The molecule has 1 saturated heterocycles. The molecule has 0 bridgehead atoms. The van der Waals surface area contributed by atoms with Crippen molar-refractivity contribution in [3.8, 4) is 11.5 Å². The number of carbonyl (C=O) groups excluding carboxylic acids is 1. The average Bonchev–Trinajstić information content (AvgIpc) is 3.45. The Morgan fingerprint density at radius 2 is 1.81 bits per heavy atom. The predicted octanol–water partition coefficient (Wildman–Crippen LogP) is 3.14. The third kappa shape index (κ3) is 3.34. The molecule has 1 aromatic heterocycles. The van der Waals surface area contributed by atoms with E-state index >= 15 is 0 Å². The van der Waals surface area contributed by atoms with Gasteiger partial charge < -0.3 is 23.8 Å². The van der Waals surface area contributed by atoms with Crippen LogP contribution in [0.25, 0.3) is 17.0 Å². The molecule has 8 heteroatoms. The number of pyridine rings is 1. The van der Waals surface area contributed by atoms with Gasteiger partial charge in [0, 0.05) is 29.6 Å². The van der Waals surface area contributed by atoms with Crippen molar-refractivity contribution in [2.45, 2.75) is 0 Å². The number of esters is 1. The van der Waals surface area contributed by atoms with Gasteiger partial charge in [0.05, 0.1) is 18.7 Å². The van der Waals surface area contributed by atoms with Crippen LogP contribution in [0.5, 0.6) is 11.5 Å². The first-order chi connectivity index (χ1) is 15.7. The van der Waals surface area contributed by atoms with E-state index in [-0.39, 0.29) is 18.4 Å². The molecular weight excluding hydrogens is 410 g/mol. The lowest BCUT2D eigenvalue weighted by atomic mass is 10.1. The number of anilines is 1. The molecule has 3 aromatic rings. The third-order valence-electron chi connectivity index (χ3n) is 5.58. The van der Waals surface area contributed by atoms with Crippen molar-refractivity contribution < 1.29 is 23.7 Å². The van der Waals surface area contributed by atoms with Crippen LogP contribution in [-0.2, 0) is 14.3 Å². The average molecular weight is 429 g/mol. The molecule has 1 fully saturated rings. The highest BCUT2D eigenvalue weighted by molar-refractivity contribution is 6.13. The van der Waals surface area contributed by atoms with Gasteiger partial charge in [0.2, 0.25) is 12.7 Å². The van der Waals surface area contributed by atoms with Gasteiger partial charge in [-0.05, 0) is 36.4 Å². The van der Waals surface area contributed by atoms with Crippen molar-refractivity contribution in [2.75, 3.05) is 38.0 Å². The minimum atomic E-state index is -0.501. The van der Waals surface area contributed by atoms with E-state index in [1.807, 2.05) is 30.3 Å². The Morgan fingerprint density at radius 1 is 0.969 bits per heavy atom. The zero-order chi connectivity index (χ0) is 21.5. The van der Waals surface area contributed by atoms with Gasteiger partial charge in [0.1, 0.15) is 5.82 Å². The van der Waals surface area contributed by atoms with Crippen molar-refractivity contribution in [1.82, 2.24) is 4.98 Å². The van der Waals surface area contributed by atoms with Crippen LogP contribution in [0.1, 0.15) is 11.1 Å². The molecule has 32 heavy (non-hydrogen) atoms. The lowest BCUT2D eigenvalue weighted by Gasteiger charge is -2.29. The Kier molecular flexibility index (Phi) is 4.50. The molecule has 0 aliphatic carbocycles. The Morgan fingerprint density at radius 3 is 2.72 bits per heavy atom. The van der Waals surface area contributed by atoms with E-state index in [0.717, 1.165) is 35.4 Å². The van der Waals surface area contributed by atoms with Crippen molar-refractivity contribution in [3.05, 3.63) is 65.4 Å². The van der Waals surface area contributed by atoms with Crippen LogP contribution in [0, 0.1) is 0 Å². The normalized spacial score (nSPS) is 18.9. The van der Waals surface area contributed by atoms with E-state index in [9.17, 15) is 4.79 Å². The van der Waals surface area contributed by atoms with E-state index in [1.54, 1.807) is 24.3 Å². The summed E-state index contributed by atoms with van der Waals surface area (Å²) in [6.45, 7) is 2.92. The molecule has 2 aromatic carbocycles. The number of aliphatic imine (C=N–C) groups is 1. The van der Waals surface area contributed by atoms with Crippen LogP contribution >= 0.6 is 0 Å². The number of nitrogens with zero attached hydrogens (tertiary/aromatic N) is 3. The number of hydrogen-bond acceptors (Lipinski definition) is 8. The van der Waals surface area contributed by atoms with Crippen LogP contribution in [0.15, 0.2) is 59.2 Å². The van der Waals surface area contributed by atoms with Gasteiger partial charge in [-0.25, -0.2) is 14.8 Å². The number of benzene rings is 2. The zero-order valence-corrected chi connectivity index (χ0v) is 17.1. The molecular formula is C24H19N3O5. The van der Waals surface area contributed by atoms with E-state index in [0.29, 0.717) is 30.3 Å². The SMILES string of the molecule is O=C1OC(c2ccc3c(c2)OCO3)=N/C1=C/c1cc2ccccc2nc1N1CCOCC1. The van der Waals surface area contributed by atoms with Crippen molar-refractivity contribution in [2.24, 2.45) is 4.99 Å². The molecule has 3 aliphatic heterocycles. The fourth-order valence-electron chi connectivity index (χ4n) is 3.97. The molecule has 8 nitrogen and oxygen atoms in total. The minimum Gasteiger partial charge on any atom is -0.454 e. The highest BCUT2D eigenvalue weighted by Gasteiger charge is 2.27. The molecule has 0 saturated carbocycles. The molecule has 0 amide bonds. The Bertz CT molecular complexity index is 1290. The van der Waals surface area contributed by atoms with Gasteiger partial charge in [-0.1, -0.05) is 18.2 Å². The minimum absolute atomic E-state index is 0.176. The summed E-state index contributed by atoms with van der Waals surface area (Å²) < 4.78 is 21.7. The smallest absolute Gasteiger partial charge is 0.363 e. The summed E-state index contributed by atoms with van der Waals surface area (Å²) in [5.74, 6) is 1.80. The van der Waals surface area contributed by atoms with E-state index in [1.165, 1.54) is 0 Å². The van der Waals surface area contributed by atoms with E-state index < -0.39 is 5.97 Å². The number of carbonyl (C=O) groups is 1. The molecule has 4 heterocycles. The zero-order valence-electron chi connectivity index (χ0n) is 17.1. The maximum absolute atomic E-state index is 12.6. The number of aromatic nitrogens is 1. The van der Waals surface area contributed by atoms with Crippen LogP contribution < -0.4 is 14.4 Å². The summed E-state index contributed by atoms with van der Waals surface area (Å²) in [5.41, 5.74) is 2.59. The summed E-state index contributed by atoms with van der Waals surface area (Å²) >= 11 is 0. The number of rotatable bonds is 3. The van der Waals surface area contributed by atoms with Gasteiger partial charge >= 0.3 is 5.97 Å². The second-order valence-corrected chi connectivity index (χ2v) is 7.60. The molecule has 0 radical (unpaired) electrons. The van der Waals surface area contributed by atoms with Gasteiger partial charge in [-0.15, -0.1) is 0 Å². The van der Waals surface area contributed by atoms with Gasteiger partial charge in [0.25, 0.3) is 0 Å². The van der Waals surface area contributed by atoms with Crippen LogP contribution in [0.3, 0.4) is 0 Å². The number of fused-ring (bicyclic) bond motifs is 2. The van der Waals surface area contributed by atoms with E-state index in [2.05, 4.69) is 9.89 Å². The molecule has 0 unspecified atom stereocenters. The predicted molar refractivity (Wildman–Crippen MR) is 118 cm³/mol. The summed E-state index contributed by atoms with van der Waals surface area (Å²) in [6.07, 6.45) is 1.74. The molecule has 0 N–H and O–H groups in total. The van der Waals surface area contributed by atoms with Gasteiger partial charge in [-0.3, -0.25) is 0 Å². The maximum Gasteiger partial charge on any atom is 0.363 e. The Balaban J connectivity index is 1.41. The number of morpholine rings is 1. The van der Waals surface area contributed by atoms with Crippen molar-refractivity contribution in [1.29, 1.82) is 0 Å². The summed E-state index contributed by atoms with van der Waals surface area (Å²) in [7, 11) is 0. The highest BCUT2D eigenvalue weighted by atomic mass is 16.7. The third-order valence-corrected chi connectivity index (χ3v) is 5.58. The molecule has 6 rings (SSSR count). The molecule has 3 aliphatic rings. The van der Waals surface area contributed by atoms with Crippen LogP contribution in [0.4, 0.5) is 5.82 Å². The fourth-order valence-corrected chi connectivity index (χ4v) is 3.97. The van der Waals surface area contributed by atoms with Crippen LogP contribution in [-0.4, -0.2) is 49.9 Å². The number of ether oxygens (including phenoxy) is 4. The first-order valence-corrected chi connectivity index (χ1v) is 10.4. The fraction of sp³-hybridized carbons (Fsp3) is 0.208. The molecule has 160 valence electrons. The quantitative estimate of drug-likeness (QED) is 0.467. The van der Waals surface area contributed by atoms with E-state index in [4.69, 9.17) is 23.9 Å². The monoisotopic (exact) mass is 429 g/mol. The number of hydrogen-bond donors (Lipinski definition) is 0. The second-order valence-electron chi connectivity index (χ2n) is 7.60. The maximum atomic E-state index is 12.6. The Hall–Kier alpha value is -3.91. The molecule has 0 spiro atoms. The largest absolute Gasteiger partial charge is 0.454 e. The number of para-hydroxylation sites is 1.